The van der Waals surface area contributed by atoms with Gasteiger partial charge in [-0.2, -0.15) is 0 Å². The number of Topliss-reactive ketones (excluding diaryl/α,β-unsaturated/α-hetero) is 1. The van der Waals surface area contributed by atoms with Crippen LogP contribution in [0.3, 0.4) is 0 Å². The van der Waals surface area contributed by atoms with Gasteiger partial charge in [0.15, 0.2) is 11.0 Å². The minimum absolute atomic E-state index is 0.0461. The van der Waals surface area contributed by atoms with Crippen LogP contribution in [-0.4, -0.2) is 21.7 Å². The molecular formula is C8H7Cl2N3O2. The van der Waals surface area contributed by atoms with Crippen LogP contribution in [0.15, 0.2) is 6.33 Å². The summed E-state index contributed by atoms with van der Waals surface area (Å²) < 4.78 is 0. The number of carbonyl (C=O) groups is 2. The number of hydrogen-bond acceptors (Lipinski definition) is 4. The third-order valence-electron chi connectivity index (χ3n) is 1.41. The molecule has 7 heteroatoms. The highest BCUT2D eigenvalue weighted by Gasteiger charge is 2.11. The van der Waals surface area contributed by atoms with Crippen molar-refractivity contribution in [1.29, 1.82) is 0 Å². The standard InChI is InChI=1S/C8H7Cl2N3O2/c1-4(14)2-5(15)13-8-6(9)7(10)11-3-12-8/h3H,2H2,1H3,(H,11,12,13,15). The Labute approximate surface area is 95.8 Å². The lowest BCUT2D eigenvalue weighted by molar-refractivity contribution is -0.124. The fourth-order valence-electron chi connectivity index (χ4n) is 0.838. The van der Waals surface area contributed by atoms with Crippen LogP contribution in [0.2, 0.25) is 10.2 Å². The second-order valence-corrected chi connectivity index (χ2v) is 3.49. The second-order valence-electron chi connectivity index (χ2n) is 2.75. The van der Waals surface area contributed by atoms with Gasteiger partial charge in [-0.3, -0.25) is 9.59 Å². The summed E-state index contributed by atoms with van der Waals surface area (Å²) in [5.74, 6) is -0.633. The maximum atomic E-state index is 11.2. The summed E-state index contributed by atoms with van der Waals surface area (Å²) in [4.78, 5) is 29.2. The van der Waals surface area contributed by atoms with Crippen LogP contribution < -0.4 is 5.32 Å². The summed E-state index contributed by atoms with van der Waals surface area (Å²) in [5.41, 5.74) is 0. The fourth-order valence-corrected chi connectivity index (χ4v) is 1.12. The molecule has 1 aromatic heterocycles. The highest BCUT2D eigenvalue weighted by atomic mass is 35.5. The van der Waals surface area contributed by atoms with E-state index in [1.54, 1.807) is 0 Å². The van der Waals surface area contributed by atoms with Crippen LogP contribution in [0, 0.1) is 0 Å². The summed E-state index contributed by atoms with van der Waals surface area (Å²) in [6.45, 7) is 1.31. The summed E-state index contributed by atoms with van der Waals surface area (Å²) in [6.07, 6.45) is 0.940. The van der Waals surface area contributed by atoms with E-state index >= 15 is 0 Å². The van der Waals surface area contributed by atoms with Crippen molar-refractivity contribution in [2.24, 2.45) is 0 Å². The maximum Gasteiger partial charge on any atom is 0.233 e. The molecule has 0 aromatic carbocycles. The van der Waals surface area contributed by atoms with Gasteiger partial charge < -0.3 is 5.32 Å². The van der Waals surface area contributed by atoms with Crippen molar-refractivity contribution in [3.05, 3.63) is 16.5 Å². The molecule has 0 fully saturated rings. The molecule has 0 aliphatic carbocycles. The number of nitrogens with one attached hydrogen (secondary N) is 1. The van der Waals surface area contributed by atoms with Crippen molar-refractivity contribution in [3.63, 3.8) is 0 Å². The maximum absolute atomic E-state index is 11.2. The molecule has 0 saturated heterocycles. The number of hydrogen-bond donors (Lipinski definition) is 1. The zero-order chi connectivity index (χ0) is 11.4. The molecule has 15 heavy (non-hydrogen) atoms. The molecule has 5 nitrogen and oxygen atoms in total. The largest absolute Gasteiger partial charge is 0.309 e. The highest BCUT2D eigenvalue weighted by molar-refractivity contribution is 6.42. The molecule has 1 rings (SSSR count). The molecule has 0 saturated carbocycles. The molecule has 1 aromatic rings. The van der Waals surface area contributed by atoms with Gasteiger partial charge in [-0.15, -0.1) is 0 Å². The SMILES string of the molecule is CC(=O)CC(=O)Nc1ncnc(Cl)c1Cl. The predicted molar refractivity (Wildman–Crippen MR) is 56.0 cm³/mol. The smallest absolute Gasteiger partial charge is 0.233 e. The fraction of sp³-hybridized carbons (Fsp3) is 0.250. The van der Waals surface area contributed by atoms with Gasteiger partial charge in [-0.25, -0.2) is 9.97 Å². The monoisotopic (exact) mass is 247 g/mol. The van der Waals surface area contributed by atoms with Gasteiger partial charge in [-0.05, 0) is 6.92 Å². The van der Waals surface area contributed by atoms with Gasteiger partial charge in [0, 0.05) is 0 Å². The highest BCUT2D eigenvalue weighted by Crippen LogP contribution is 2.25. The average molecular weight is 248 g/mol. The van der Waals surface area contributed by atoms with Crippen LogP contribution in [-0.2, 0) is 9.59 Å². The third kappa shape index (κ3) is 3.45. The van der Waals surface area contributed by atoms with E-state index < -0.39 is 5.91 Å². The Morgan fingerprint density at radius 2 is 2.07 bits per heavy atom. The van der Waals surface area contributed by atoms with E-state index in [2.05, 4.69) is 15.3 Å². The van der Waals surface area contributed by atoms with E-state index in [4.69, 9.17) is 23.2 Å². The van der Waals surface area contributed by atoms with E-state index in [0.29, 0.717) is 0 Å². The third-order valence-corrected chi connectivity index (χ3v) is 2.16. The lowest BCUT2D eigenvalue weighted by atomic mass is 10.3. The summed E-state index contributed by atoms with van der Waals surface area (Å²) in [6, 6.07) is 0. The van der Waals surface area contributed by atoms with Crippen molar-refractivity contribution in [2.45, 2.75) is 13.3 Å². The van der Waals surface area contributed by atoms with Crippen LogP contribution in [0.25, 0.3) is 0 Å². The van der Waals surface area contributed by atoms with E-state index in [1.165, 1.54) is 6.92 Å². The van der Waals surface area contributed by atoms with E-state index in [9.17, 15) is 9.59 Å². The lowest BCUT2D eigenvalue weighted by Gasteiger charge is -2.04. The quantitative estimate of drug-likeness (QED) is 0.652. The molecule has 0 unspecified atom stereocenters. The number of anilines is 1. The average Bonchev–Trinajstić information content (AvgIpc) is 2.11. The van der Waals surface area contributed by atoms with Crippen molar-refractivity contribution < 1.29 is 9.59 Å². The topological polar surface area (TPSA) is 72.0 Å². The first kappa shape index (κ1) is 11.9. The number of aromatic nitrogens is 2. The summed E-state index contributed by atoms with van der Waals surface area (Å²) >= 11 is 11.3. The molecule has 0 aliphatic rings. The Kier molecular flexibility index (Phi) is 3.99. The molecule has 0 spiro atoms. The first-order valence-electron chi connectivity index (χ1n) is 3.96. The second kappa shape index (κ2) is 5.04. The van der Waals surface area contributed by atoms with Crippen LogP contribution >= 0.6 is 23.2 Å². The first-order valence-corrected chi connectivity index (χ1v) is 4.71. The number of halogens is 2. The van der Waals surface area contributed by atoms with Crippen molar-refractivity contribution in [1.82, 2.24) is 9.97 Å². The number of rotatable bonds is 3. The van der Waals surface area contributed by atoms with Crippen LogP contribution in [0.5, 0.6) is 0 Å². The van der Waals surface area contributed by atoms with E-state index in [0.717, 1.165) is 6.33 Å². The number of amides is 1. The minimum Gasteiger partial charge on any atom is -0.309 e. The Balaban J connectivity index is 2.77. The van der Waals surface area contributed by atoms with Crippen LogP contribution in [0.4, 0.5) is 5.82 Å². The van der Waals surface area contributed by atoms with Crippen molar-refractivity contribution in [3.8, 4) is 0 Å². The van der Waals surface area contributed by atoms with Crippen LogP contribution in [0.1, 0.15) is 13.3 Å². The summed E-state index contributed by atoms with van der Waals surface area (Å²) in [7, 11) is 0. The first-order chi connectivity index (χ1) is 7.00. The number of ketones is 1. The van der Waals surface area contributed by atoms with Gasteiger partial charge >= 0.3 is 0 Å². The molecule has 0 radical (unpaired) electrons. The zero-order valence-corrected chi connectivity index (χ0v) is 9.26. The van der Waals surface area contributed by atoms with Gasteiger partial charge in [0.2, 0.25) is 5.91 Å². The lowest BCUT2D eigenvalue weighted by Crippen LogP contribution is -2.16. The zero-order valence-electron chi connectivity index (χ0n) is 7.75. The normalized spacial score (nSPS) is 9.80. The number of nitrogens with zero attached hydrogens (tertiary/aromatic N) is 2. The molecule has 0 aliphatic heterocycles. The van der Waals surface area contributed by atoms with Gasteiger partial charge in [0.1, 0.15) is 17.1 Å². The van der Waals surface area contributed by atoms with Gasteiger partial charge in [0.05, 0.1) is 6.42 Å². The van der Waals surface area contributed by atoms with Crippen molar-refractivity contribution >= 4 is 40.7 Å². The Bertz CT molecular complexity index is 409. The molecular weight excluding hydrogens is 241 g/mol. The molecule has 1 amide bonds. The molecule has 80 valence electrons. The van der Waals surface area contributed by atoms with Gasteiger partial charge in [-0.1, -0.05) is 23.2 Å². The molecule has 1 N–H and O–H groups in total. The Hall–Kier alpha value is -1.20. The summed E-state index contributed by atoms with van der Waals surface area (Å²) in [5, 5.41) is 2.45. The van der Waals surface area contributed by atoms with E-state index in [-0.39, 0.29) is 28.2 Å². The van der Waals surface area contributed by atoms with E-state index in [1.807, 2.05) is 0 Å². The number of carbonyl (C=O) groups excluding carboxylic acids is 2. The molecule has 0 atom stereocenters. The molecule has 1 heterocycles. The molecule has 0 bridgehead atoms. The van der Waals surface area contributed by atoms with Gasteiger partial charge in [0.25, 0.3) is 0 Å². The predicted octanol–water partition coefficient (Wildman–Crippen LogP) is 1.70. The Morgan fingerprint density at radius 3 is 2.67 bits per heavy atom. The Morgan fingerprint density at radius 1 is 1.40 bits per heavy atom. The minimum atomic E-state index is -0.487. The van der Waals surface area contributed by atoms with Crippen molar-refractivity contribution in [2.75, 3.05) is 5.32 Å².